The number of carbonyl (C=O) groups excluding carboxylic acids is 1. The topological polar surface area (TPSA) is 78.4 Å². The van der Waals surface area contributed by atoms with Crippen LogP contribution < -0.4 is 10.6 Å². The van der Waals surface area contributed by atoms with E-state index in [0.717, 1.165) is 11.3 Å². The first kappa shape index (κ1) is 16.5. The number of carboxylic acids is 1. The monoisotopic (exact) mass is 298 g/mol. The van der Waals surface area contributed by atoms with Crippen LogP contribution in [0.1, 0.15) is 37.4 Å². The highest BCUT2D eigenvalue weighted by Gasteiger charge is 2.32. The third-order valence-corrected chi connectivity index (χ3v) is 4.11. The average molecular weight is 298 g/mol. The minimum Gasteiger partial charge on any atom is -0.480 e. The molecule has 0 aromatic carbocycles. The van der Waals surface area contributed by atoms with E-state index in [1.165, 1.54) is 4.88 Å². The lowest BCUT2D eigenvalue weighted by molar-refractivity contribution is -0.141. The highest BCUT2D eigenvalue weighted by Crippen LogP contribution is 2.19. The summed E-state index contributed by atoms with van der Waals surface area (Å²) in [7, 11) is 0. The summed E-state index contributed by atoms with van der Waals surface area (Å²) in [6.07, 6.45) is 0.974. The van der Waals surface area contributed by atoms with Gasteiger partial charge in [0.2, 0.25) is 0 Å². The van der Waals surface area contributed by atoms with Crippen LogP contribution in [0.3, 0.4) is 0 Å². The van der Waals surface area contributed by atoms with Gasteiger partial charge in [0.15, 0.2) is 0 Å². The molecule has 1 heterocycles. The van der Waals surface area contributed by atoms with Gasteiger partial charge in [-0.3, -0.25) is 0 Å². The average Bonchev–Trinajstić information content (AvgIpc) is 2.79. The molecular weight excluding hydrogens is 276 g/mol. The molecule has 0 aliphatic rings. The van der Waals surface area contributed by atoms with Gasteiger partial charge < -0.3 is 15.7 Å². The van der Waals surface area contributed by atoms with Crippen molar-refractivity contribution in [3.05, 3.63) is 21.9 Å². The number of rotatable bonds is 5. The largest absolute Gasteiger partial charge is 0.480 e. The Morgan fingerprint density at radius 2 is 1.90 bits per heavy atom. The molecule has 1 atom stereocenters. The van der Waals surface area contributed by atoms with Crippen molar-refractivity contribution in [2.24, 2.45) is 5.41 Å². The van der Waals surface area contributed by atoms with Crippen LogP contribution in [0, 0.1) is 5.41 Å². The summed E-state index contributed by atoms with van der Waals surface area (Å²) < 4.78 is 0. The van der Waals surface area contributed by atoms with E-state index < -0.39 is 23.5 Å². The molecule has 1 aromatic heterocycles. The van der Waals surface area contributed by atoms with Gasteiger partial charge >= 0.3 is 12.0 Å². The lowest BCUT2D eigenvalue weighted by atomic mass is 9.87. The van der Waals surface area contributed by atoms with Gasteiger partial charge in [-0.15, -0.1) is 11.3 Å². The number of nitrogens with one attached hydrogen (secondary N) is 2. The predicted octanol–water partition coefficient (Wildman–Crippen LogP) is 2.61. The number of aryl methyl sites for hydroxylation is 1. The van der Waals surface area contributed by atoms with E-state index in [-0.39, 0.29) is 0 Å². The van der Waals surface area contributed by atoms with E-state index in [0.29, 0.717) is 6.54 Å². The van der Waals surface area contributed by atoms with Crippen LogP contribution in [0.2, 0.25) is 0 Å². The number of hydrogen-bond acceptors (Lipinski definition) is 3. The van der Waals surface area contributed by atoms with Crippen molar-refractivity contribution in [1.82, 2.24) is 10.6 Å². The molecular formula is C14H22N2O3S. The quantitative estimate of drug-likeness (QED) is 0.782. The minimum atomic E-state index is -1.03. The zero-order valence-electron chi connectivity index (χ0n) is 12.3. The van der Waals surface area contributed by atoms with E-state index in [1.54, 1.807) is 32.1 Å². The molecule has 0 fully saturated rings. The Morgan fingerprint density at radius 3 is 2.35 bits per heavy atom. The molecule has 0 saturated heterocycles. The van der Waals surface area contributed by atoms with Crippen LogP contribution >= 0.6 is 11.3 Å². The Kier molecular flexibility index (Phi) is 5.56. The second-order valence-electron chi connectivity index (χ2n) is 5.69. The molecule has 112 valence electrons. The van der Waals surface area contributed by atoms with E-state index in [9.17, 15) is 9.59 Å². The number of aliphatic carboxylic acids is 1. The first-order chi connectivity index (χ1) is 9.24. The van der Waals surface area contributed by atoms with Gasteiger partial charge in [0.05, 0.1) is 6.54 Å². The zero-order valence-corrected chi connectivity index (χ0v) is 13.1. The lowest BCUT2D eigenvalue weighted by Gasteiger charge is -2.27. The molecule has 20 heavy (non-hydrogen) atoms. The molecule has 0 aliphatic carbocycles. The Labute approximate surface area is 123 Å². The number of thiophene rings is 1. The van der Waals surface area contributed by atoms with E-state index in [2.05, 4.69) is 17.6 Å². The summed E-state index contributed by atoms with van der Waals surface area (Å²) in [5, 5.41) is 14.3. The summed E-state index contributed by atoms with van der Waals surface area (Å²) in [6.45, 7) is 7.82. The normalized spacial score (nSPS) is 12.8. The van der Waals surface area contributed by atoms with Gasteiger partial charge in [-0.05, 0) is 24.0 Å². The molecule has 5 nitrogen and oxygen atoms in total. The zero-order chi connectivity index (χ0) is 15.3. The van der Waals surface area contributed by atoms with Crippen molar-refractivity contribution in [3.8, 4) is 0 Å². The van der Waals surface area contributed by atoms with Crippen LogP contribution in [-0.4, -0.2) is 23.1 Å². The number of carboxylic acid groups (broad SMARTS) is 1. The third kappa shape index (κ3) is 4.85. The fourth-order valence-electron chi connectivity index (χ4n) is 1.71. The molecule has 0 unspecified atom stereocenters. The van der Waals surface area contributed by atoms with Crippen LogP contribution in [0.15, 0.2) is 12.1 Å². The van der Waals surface area contributed by atoms with Gasteiger partial charge in [0.1, 0.15) is 6.04 Å². The highest BCUT2D eigenvalue weighted by atomic mass is 32.1. The summed E-state index contributed by atoms with van der Waals surface area (Å²) in [4.78, 5) is 25.3. The maximum absolute atomic E-state index is 11.8. The van der Waals surface area contributed by atoms with Crippen LogP contribution in [0.5, 0.6) is 0 Å². The summed E-state index contributed by atoms with van der Waals surface area (Å²) in [5.41, 5.74) is -0.540. The second-order valence-corrected chi connectivity index (χ2v) is 6.94. The molecule has 2 amide bonds. The number of amides is 2. The Hall–Kier alpha value is -1.56. The molecule has 3 N–H and O–H groups in total. The first-order valence-electron chi connectivity index (χ1n) is 6.58. The standard InChI is InChI=1S/C14H22N2O3S/c1-5-9-6-7-10(20-9)8-15-13(19)16-11(12(17)18)14(2,3)4/h6-7,11H,5,8H2,1-4H3,(H,17,18)(H2,15,16,19)/t11-/m1/s1. The maximum atomic E-state index is 11.8. The number of urea groups is 1. The van der Waals surface area contributed by atoms with Crippen molar-refractivity contribution >= 4 is 23.3 Å². The molecule has 6 heteroatoms. The van der Waals surface area contributed by atoms with E-state index >= 15 is 0 Å². The second kappa shape index (κ2) is 6.74. The fourth-order valence-corrected chi connectivity index (χ4v) is 2.60. The van der Waals surface area contributed by atoms with E-state index in [1.807, 2.05) is 12.1 Å². The first-order valence-corrected chi connectivity index (χ1v) is 7.40. The third-order valence-electron chi connectivity index (χ3n) is 2.88. The molecule has 0 saturated carbocycles. The summed E-state index contributed by atoms with van der Waals surface area (Å²) >= 11 is 1.65. The Balaban J connectivity index is 2.52. The van der Waals surface area contributed by atoms with Crippen molar-refractivity contribution < 1.29 is 14.7 Å². The molecule has 1 rings (SSSR count). The minimum absolute atomic E-state index is 0.410. The molecule has 0 bridgehead atoms. The van der Waals surface area contributed by atoms with Crippen molar-refractivity contribution in [2.75, 3.05) is 0 Å². The van der Waals surface area contributed by atoms with Crippen molar-refractivity contribution in [3.63, 3.8) is 0 Å². The van der Waals surface area contributed by atoms with Crippen LogP contribution in [-0.2, 0) is 17.8 Å². The lowest BCUT2D eigenvalue weighted by Crippen LogP contribution is -2.52. The smallest absolute Gasteiger partial charge is 0.326 e. The van der Waals surface area contributed by atoms with E-state index in [4.69, 9.17) is 5.11 Å². The van der Waals surface area contributed by atoms with Crippen LogP contribution in [0.25, 0.3) is 0 Å². The molecule has 0 aliphatic heterocycles. The molecule has 0 radical (unpaired) electrons. The van der Waals surface area contributed by atoms with Crippen LogP contribution in [0.4, 0.5) is 4.79 Å². The van der Waals surface area contributed by atoms with Gasteiger partial charge in [0.25, 0.3) is 0 Å². The maximum Gasteiger partial charge on any atom is 0.326 e. The predicted molar refractivity (Wildman–Crippen MR) is 79.9 cm³/mol. The Morgan fingerprint density at radius 1 is 1.30 bits per heavy atom. The number of carbonyl (C=O) groups is 2. The molecule has 1 aromatic rings. The van der Waals surface area contributed by atoms with Crippen molar-refractivity contribution in [1.29, 1.82) is 0 Å². The molecule has 0 spiro atoms. The fraction of sp³-hybridized carbons (Fsp3) is 0.571. The van der Waals surface area contributed by atoms with Crippen molar-refractivity contribution in [2.45, 2.75) is 46.7 Å². The summed E-state index contributed by atoms with van der Waals surface area (Å²) in [6, 6.07) is 2.63. The highest BCUT2D eigenvalue weighted by molar-refractivity contribution is 7.11. The van der Waals surface area contributed by atoms with Gasteiger partial charge in [-0.2, -0.15) is 0 Å². The summed E-state index contributed by atoms with van der Waals surface area (Å²) in [5.74, 6) is -1.03. The SMILES string of the molecule is CCc1ccc(CNC(=O)N[C@H](C(=O)O)C(C)(C)C)s1. The van der Waals surface area contributed by atoms with Gasteiger partial charge in [0, 0.05) is 9.75 Å². The van der Waals surface area contributed by atoms with Gasteiger partial charge in [-0.25, -0.2) is 9.59 Å². The van der Waals surface area contributed by atoms with Gasteiger partial charge in [-0.1, -0.05) is 27.7 Å². The Bertz CT molecular complexity index is 477. The number of hydrogen-bond donors (Lipinski definition) is 3.